The highest BCUT2D eigenvalue weighted by Gasteiger charge is 2.46. The number of methoxy groups -OCH3 is 1. The lowest BCUT2D eigenvalue weighted by Gasteiger charge is -2.45. The van der Waals surface area contributed by atoms with Crippen LogP contribution in [0.5, 0.6) is 5.75 Å². The summed E-state index contributed by atoms with van der Waals surface area (Å²) in [7, 11) is 1.60. The van der Waals surface area contributed by atoms with E-state index in [-0.39, 0.29) is 18.3 Å². The number of nitrogens with one attached hydrogen (secondary N) is 2. The number of hydrogen-bond donors (Lipinski definition) is 3. The fourth-order valence-electron chi connectivity index (χ4n) is 4.12. The molecular weight excluding hydrogens is 437 g/mol. The van der Waals surface area contributed by atoms with Gasteiger partial charge in [0.05, 0.1) is 12.8 Å². The highest BCUT2D eigenvalue weighted by Crippen LogP contribution is 2.38. The summed E-state index contributed by atoms with van der Waals surface area (Å²) in [5, 5.41) is 7.40. The van der Waals surface area contributed by atoms with Crippen molar-refractivity contribution in [3.8, 4) is 5.75 Å². The Morgan fingerprint density at radius 3 is 2.74 bits per heavy atom. The van der Waals surface area contributed by atoms with Crippen LogP contribution in [0.3, 0.4) is 0 Å². The number of piperidine rings is 1. The number of hydrogen-bond acceptors (Lipinski definition) is 7. The first-order valence-corrected chi connectivity index (χ1v) is 10.9. The van der Waals surface area contributed by atoms with Gasteiger partial charge in [-0.2, -0.15) is 0 Å². The average Bonchev–Trinajstić information content (AvgIpc) is 2.84. The number of allylic oxidation sites excluding steroid dienone is 1. The van der Waals surface area contributed by atoms with Crippen LogP contribution in [0.25, 0.3) is 6.08 Å². The smallest absolute Gasteiger partial charge is 0.229 e. The van der Waals surface area contributed by atoms with Gasteiger partial charge in [-0.05, 0) is 67.3 Å². The molecule has 1 saturated heterocycles. The number of halogens is 1. The number of benzene rings is 2. The van der Waals surface area contributed by atoms with E-state index in [4.69, 9.17) is 15.4 Å². The molecule has 2 aromatic carbocycles. The first kappa shape index (κ1) is 23.3. The van der Waals surface area contributed by atoms with Gasteiger partial charge >= 0.3 is 0 Å². The lowest BCUT2D eigenvalue weighted by atomic mass is 9.86. The van der Waals surface area contributed by atoms with E-state index >= 15 is 0 Å². The third-order valence-corrected chi connectivity index (χ3v) is 6.05. The van der Waals surface area contributed by atoms with Crippen molar-refractivity contribution in [2.24, 2.45) is 11.0 Å². The molecule has 0 unspecified atom stereocenters. The molecule has 2 aromatic rings. The highest BCUT2D eigenvalue weighted by atomic mass is 19.1. The van der Waals surface area contributed by atoms with Crippen molar-refractivity contribution >= 4 is 23.5 Å². The van der Waals surface area contributed by atoms with Crippen molar-refractivity contribution in [3.63, 3.8) is 0 Å². The van der Waals surface area contributed by atoms with Gasteiger partial charge in [0.25, 0.3) is 0 Å². The van der Waals surface area contributed by atoms with E-state index in [9.17, 15) is 9.18 Å². The lowest BCUT2D eigenvalue weighted by molar-refractivity contribution is -0.137. The zero-order valence-corrected chi connectivity index (χ0v) is 19.4. The minimum atomic E-state index is -0.798. The van der Waals surface area contributed by atoms with E-state index in [1.807, 2.05) is 38.1 Å². The van der Waals surface area contributed by atoms with E-state index in [1.165, 1.54) is 12.1 Å². The molecule has 1 amide bonds. The summed E-state index contributed by atoms with van der Waals surface area (Å²) in [6.07, 6.45) is 4.59. The Morgan fingerprint density at radius 1 is 1.26 bits per heavy atom. The molecule has 2 heterocycles. The van der Waals surface area contributed by atoms with E-state index in [1.54, 1.807) is 30.3 Å². The molecule has 0 bridgehead atoms. The zero-order valence-electron chi connectivity index (χ0n) is 19.4. The molecule has 0 aromatic heterocycles. The number of rotatable bonds is 6. The molecule has 4 rings (SSSR count). The molecule has 0 saturated carbocycles. The Balaban J connectivity index is 1.67. The molecular formula is C25H28FN5O3. The van der Waals surface area contributed by atoms with Crippen LogP contribution in [0, 0.1) is 5.82 Å². The quantitative estimate of drug-likeness (QED) is 0.443. The summed E-state index contributed by atoms with van der Waals surface area (Å²) in [5.41, 5.74) is 5.85. The number of nitrogens with zero attached hydrogens (tertiary/aromatic N) is 2. The summed E-state index contributed by atoms with van der Waals surface area (Å²) in [4.78, 5) is 20.3. The van der Waals surface area contributed by atoms with Crippen molar-refractivity contribution in [1.29, 1.82) is 0 Å². The number of fused-ring (bicyclic) bond motifs is 1. The number of carbonyl (C=O) groups excluding carboxylic acids is 1. The first-order valence-electron chi connectivity index (χ1n) is 10.9. The fraction of sp³-hybridized carbons (Fsp3) is 0.280. The number of ether oxygens (including phenoxy) is 1. The topological polar surface area (TPSA) is 101 Å². The fourth-order valence-corrected chi connectivity index (χ4v) is 4.12. The number of amidine groups is 1. The van der Waals surface area contributed by atoms with Crippen LogP contribution in [0.1, 0.15) is 37.8 Å². The van der Waals surface area contributed by atoms with E-state index in [0.717, 1.165) is 28.1 Å². The molecule has 0 radical (unpaired) electrons. The standard InChI is InChI=1S/C25H28FN5O3/c1-16(29-27)14-28-21-10-4-17(13-22(21)33-3)12-18-5-11-23(32)31-24(18)30-34-15-25(31,2)19-6-8-20(26)9-7-19/h4,6-10,12-14,28-29H,5,11,15,27H2,1-3H3/b16-14-,18-12+/t25-/m1/s1. The highest BCUT2D eigenvalue weighted by molar-refractivity contribution is 6.13. The molecule has 2 aliphatic heterocycles. The third kappa shape index (κ3) is 4.47. The molecule has 8 nitrogen and oxygen atoms in total. The van der Waals surface area contributed by atoms with Crippen molar-refractivity contribution in [1.82, 2.24) is 10.3 Å². The van der Waals surface area contributed by atoms with E-state index in [0.29, 0.717) is 24.4 Å². The molecule has 1 fully saturated rings. The number of anilines is 1. The largest absolute Gasteiger partial charge is 0.495 e. The van der Waals surface area contributed by atoms with Crippen LogP contribution in [-0.2, 0) is 15.2 Å². The van der Waals surface area contributed by atoms with Crippen LogP contribution in [-0.4, -0.2) is 30.4 Å². The zero-order chi connectivity index (χ0) is 24.3. The second-order valence-corrected chi connectivity index (χ2v) is 8.44. The Hall–Kier alpha value is -3.85. The van der Waals surface area contributed by atoms with Crippen LogP contribution < -0.4 is 21.3 Å². The van der Waals surface area contributed by atoms with Crippen molar-refractivity contribution in [3.05, 3.63) is 76.9 Å². The third-order valence-electron chi connectivity index (χ3n) is 6.05. The second kappa shape index (κ2) is 9.56. The minimum Gasteiger partial charge on any atom is -0.495 e. The summed E-state index contributed by atoms with van der Waals surface area (Å²) in [5.74, 6) is 6.15. The molecule has 0 aliphatic carbocycles. The predicted octanol–water partition coefficient (Wildman–Crippen LogP) is 3.84. The predicted molar refractivity (Wildman–Crippen MR) is 129 cm³/mol. The van der Waals surface area contributed by atoms with Crippen molar-refractivity contribution in [2.45, 2.75) is 32.2 Å². The van der Waals surface area contributed by atoms with Crippen molar-refractivity contribution in [2.75, 3.05) is 19.0 Å². The van der Waals surface area contributed by atoms with E-state index in [2.05, 4.69) is 15.9 Å². The molecule has 9 heteroatoms. The lowest BCUT2D eigenvalue weighted by Crippen LogP contribution is -2.57. The normalized spacial score (nSPS) is 21.5. The SMILES string of the molecule is COc1cc(/C=C2\CCC(=O)N3C2=NOC[C@]3(C)c2ccc(F)cc2)ccc1N/C=C(/C)NN. The number of amides is 1. The maximum Gasteiger partial charge on any atom is 0.229 e. The van der Waals surface area contributed by atoms with Gasteiger partial charge in [-0.3, -0.25) is 15.5 Å². The Bertz CT molecular complexity index is 1180. The van der Waals surface area contributed by atoms with Crippen LogP contribution in [0.4, 0.5) is 10.1 Å². The molecule has 0 spiro atoms. The van der Waals surface area contributed by atoms with Crippen LogP contribution in [0.2, 0.25) is 0 Å². The van der Waals surface area contributed by atoms with Gasteiger partial charge in [-0.25, -0.2) is 4.39 Å². The monoisotopic (exact) mass is 465 g/mol. The summed E-state index contributed by atoms with van der Waals surface area (Å²) in [6.45, 7) is 3.92. The Kier molecular flexibility index (Phi) is 6.56. The number of oxime groups is 1. The van der Waals surface area contributed by atoms with Gasteiger partial charge in [-0.1, -0.05) is 23.4 Å². The van der Waals surface area contributed by atoms with Crippen LogP contribution in [0.15, 0.2) is 65.1 Å². The van der Waals surface area contributed by atoms with Gasteiger partial charge in [-0.15, -0.1) is 0 Å². The summed E-state index contributed by atoms with van der Waals surface area (Å²) >= 11 is 0. The van der Waals surface area contributed by atoms with Gasteiger partial charge in [0.2, 0.25) is 5.91 Å². The number of nitrogens with two attached hydrogens (primary N) is 1. The summed E-state index contributed by atoms with van der Waals surface area (Å²) in [6, 6.07) is 11.9. The van der Waals surface area contributed by atoms with Crippen molar-refractivity contribution < 1.29 is 18.8 Å². The first-order chi connectivity index (χ1) is 16.4. The van der Waals surface area contributed by atoms with Gasteiger partial charge < -0.3 is 20.3 Å². The molecule has 1 atom stereocenters. The number of hydrazine groups is 1. The minimum absolute atomic E-state index is 0.0428. The molecule has 34 heavy (non-hydrogen) atoms. The Labute approximate surface area is 197 Å². The van der Waals surface area contributed by atoms with E-state index < -0.39 is 5.54 Å². The Morgan fingerprint density at radius 2 is 2.03 bits per heavy atom. The van der Waals surface area contributed by atoms with Gasteiger partial charge in [0, 0.05) is 18.3 Å². The maximum absolute atomic E-state index is 13.5. The van der Waals surface area contributed by atoms with Gasteiger partial charge in [0.15, 0.2) is 5.84 Å². The second-order valence-electron chi connectivity index (χ2n) is 8.44. The maximum atomic E-state index is 13.5. The molecule has 2 aliphatic rings. The summed E-state index contributed by atoms with van der Waals surface area (Å²) < 4.78 is 19.1. The molecule has 4 N–H and O–H groups in total. The number of carbonyl (C=O) groups is 1. The van der Waals surface area contributed by atoms with Gasteiger partial charge in [0.1, 0.15) is 23.7 Å². The van der Waals surface area contributed by atoms with Crippen LogP contribution >= 0.6 is 0 Å². The average molecular weight is 466 g/mol. The molecule has 178 valence electrons.